The van der Waals surface area contributed by atoms with Gasteiger partial charge in [-0.15, -0.1) is 0 Å². The quantitative estimate of drug-likeness (QED) is 0.450. The SMILES string of the molecule is Cc1cc(Cl)cc2sc(N(CCCN(C)C)C(=O)CS(=O)(=O)c3ccc(Cl)cc3)nc12. The lowest BCUT2D eigenvalue weighted by Gasteiger charge is -2.21. The van der Waals surface area contributed by atoms with E-state index in [1.165, 1.54) is 40.5 Å². The van der Waals surface area contributed by atoms with Crippen molar-refractivity contribution < 1.29 is 13.2 Å². The molecule has 31 heavy (non-hydrogen) atoms. The molecule has 0 aliphatic carbocycles. The molecule has 0 bridgehead atoms. The van der Waals surface area contributed by atoms with Crippen molar-refractivity contribution in [3.63, 3.8) is 0 Å². The number of hydrogen-bond acceptors (Lipinski definition) is 6. The van der Waals surface area contributed by atoms with E-state index in [1.807, 2.05) is 32.0 Å². The van der Waals surface area contributed by atoms with Gasteiger partial charge in [0.2, 0.25) is 5.91 Å². The lowest BCUT2D eigenvalue weighted by molar-refractivity contribution is -0.116. The van der Waals surface area contributed by atoms with Crippen LogP contribution in [0.15, 0.2) is 41.3 Å². The second-order valence-corrected chi connectivity index (χ2v) is 11.4. The first-order valence-electron chi connectivity index (χ1n) is 9.57. The van der Waals surface area contributed by atoms with Crippen molar-refractivity contribution in [2.24, 2.45) is 0 Å². The Bertz CT molecular complexity index is 1190. The lowest BCUT2D eigenvalue weighted by atomic mass is 10.2. The maximum absolute atomic E-state index is 13.2. The number of amides is 1. The van der Waals surface area contributed by atoms with Crippen LogP contribution in [0.25, 0.3) is 10.2 Å². The third-order valence-electron chi connectivity index (χ3n) is 4.64. The van der Waals surface area contributed by atoms with Gasteiger partial charge in [0.25, 0.3) is 0 Å². The number of hydrogen-bond donors (Lipinski definition) is 0. The van der Waals surface area contributed by atoms with Gasteiger partial charge in [0, 0.05) is 16.6 Å². The summed E-state index contributed by atoms with van der Waals surface area (Å²) in [5, 5.41) is 1.49. The monoisotopic (exact) mass is 499 g/mol. The number of sulfone groups is 1. The Morgan fingerprint density at radius 1 is 1.06 bits per heavy atom. The number of carbonyl (C=O) groups is 1. The van der Waals surface area contributed by atoms with Crippen LogP contribution in [0.2, 0.25) is 10.0 Å². The summed E-state index contributed by atoms with van der Waals surface area (Å²) in [6.45, 7) is 3.02. The van der Waals surface area contributed by atoms with Gasteiger partial charge in [-0.3, -0.25) is 9.69 Å². The molecule has 3 aromatic rings. The molecule has 0 atom stereocenters. The highest BCUT2D eigenvalue weighted by molar-refractivity contribution is 7.92. The number of aryl methyl sites for hydroxylation is 1. The highest BCUT2D eigenvalue weighted by Gasteiger charge is 2.26. The number of halogens is 2. The number of nitrogens with zero attached hydrogens (tertiary/aromatic N) is 3. The Labute approximate surface area is 196 Å². The minimum Gasteiger partial charge on any atom is -0.309 e. The van der Waals surface area contributed by atoms with Crippen LogP contribution in [0.3, 0.4) is 0 Å². The van der Waals surface area contributed by atoms with Gasteiger partial charge in [-0.05, 0) is 75.9 Å². The number of rotatable bonds is 8. The van der Waals surface area contributed by atoms with E-state index in [0.717, 1.165) is 22.3 Å². The molecule has 0 unspecified atom stereocenters. The number of fused-ring (bicyclic) bond motifs is 1. The summed E-state index contributed by atoms with van der Waals surface area (Å²) in [5.41, 5.74) is 1.66. The van der Waals surface area contributed by atoms with Gasteiger partial charge >= 0.3 is 0 Å². The van der Waals surface area contributed by atoms with E-state index in [9.17, 15) is 13.2 Å². The summed E-state index contributed by atoms with van der Waals surface area (Å²) in [6, 6.07) is 9.42. The second-order valence-electron chi connectivity index (χ2n) is 7.48. The Kier molecular flexibility index (Phi) is 7.59. The van der Waals surface area contributed by atoms with Gasteiger partial charge in [-0.2, -0.15) is 0 Å². The Morgan fingerprint density at radius 2 is 1.74 bits per heavy atom. The number of thiazole rings is 1. The Hall–Kier alpha value is -1.71. The van der Waals surface area contributed by atoms with Crippen molar-refractivity contribution in [1.82, 2.24) is 9.88 Å². The van der Waals surface area contributed by atoms with Gasteiger partial charge in [0.15, 0.2) is 15.0 Å². The number of benzene rings is 2. The molecule has 1 aromatic heterocycles. The van der Waals surface area contributed by atoms with Gasteiger partial charge < -0.3 is 4.90 Å². The van der Waals surface area contributed by atoms with Gasteiger partial charge in [0.1, 0.15) is 5.75 Å². The average molecular weight is 500 g/mol. The van der Waals surface area contributed by atoms with Gasteiger partial charge in [0.05, 0.1) is 15.1 Å². The molecule has 0 N–H and O–H groups in total. The summed E-state index contributed by atoms with van der Waals surface area (Å²) in [6.07, 6.45) is 0.676. The summed E-state index contributed by atoms with van der Waals surface area (Å²) >= 11 is 13.3. The molecule has 0 saturated heterocycles. The van der Waals surface area contributed by atoms with E-state index < -0.39 is 21.5 Å². The summed E-state index contributed by atoms with van der Waals surface area (Å²) in [4.78, 5) is 21.3. The van der Waals surface area contributed by atoms with Crippen LogP contribution in [-0.2, 0) is 14.6 Å². The molecule has 166 valence electrons. The fourth-order valence-electron chi connectivity index (χ4n) is 3.10. The van der Waals surface area contributed by atoms with E-state index in [0.29, 0.717) is 28.1 Å². The van der Waals surface area contributed by atoms with Crippen molar-refractivity contribution in [2.75, 3.05) is 37.8 Å². The van der Waals surface area contributed by atoms with Crippen molar-refractivity contribution >= 4 is 65.6 Å². The molecular formula is C21H23Cl2N3O3S2. The zero-order chi connectivity index (χ0) is 22.8. The van der Waals surface area contributed by atoms with E-state index in [-0.39, 0.29) is 4.90 Å². The first-order valence-corrected chi connectivity index (χ1v) is 12.8. The molecule has 1 amide bonds. The Balaban J connectivity index is 1.92. The zero-order valence-electron chi connectivity index (χ0n) is 17.4. The fourth-order valence-corrected chi connectivity index (χ4v) is 5.88. The molecule has 0 spiro atoms. The zero-order valence-corrected chi connectivity index (χ0v) is 20.6. The van der Waals surface area contributed by atoms with Crippen LogP contribution < -0.4 is 4.90 Å². The molecule has 10 heteroatoms. The standard InChI is InChI=1S/C21H23Cl2N3O3S2/c1-14-11-16(23)12-18-20(14)24-21(30-18)26(10-4-9-25(2)3)19(27)13-31(28,29)17-7-5-15(22)6-8-17/h5-8,11-12H,4,9-10,13H2,1-3H3. The smallest absolute Gasteiger partial charge is 0.244 e. The third kappa shape index (κ3) is 5.96. The van der Waals surface area contributed by atoms with E-state index in [2.05, 4.69) is 4.98 Å². The van der Waals surface area contributed by atoms with Gasteiger partial charge in [-0.1, -0.05) is 34.5 Å². The molecule has 6 nitrogen and oxygen atoms in total. The van der Waals surface area contributed by atoms with E-state index in [1.54, 1.807) is 6.07 Å². The molecule has 0 radical (unpaired) electrons. The van der Waals surface area contributed by atoms with Gasteiger partial charge in [-0.25, -0.2) is 13.4 Å². The highest BCUT2D eigenvalue weighted by atomic mass is 35.5. The molecule has 0 aliphatic rings. The Morgan fingerprint density at radius 3 is 2.39 bits per heavy atom. The molecule has 3 rings (SSSR count). The number of carbonyl (C=O) groups excluding carboxylic acids is 1. The van der Waals surface area contributed by atoms with Crippen molar-refractivity contribution in [2.45, 2.75) is 18.2 Å². The summed E-state index contributed by atoms with van der Waals surface area (Å²) in [5.74, 6) is -1.16. The van der Waals surface area contributed by atoms with Crippen LogP contribution in [0.1, 0.15) is 12.0 Å². The summed E-state index contributed by atoms with van der Waals surface area (Å²) < 4.78 is 26.5. The molecule has 2 aromatic carbocycles. The van der Waals surface area contributed by atoms with Crippen molar-refractivity contribution in [1.29, 1.82) is 0 Å². The van der Waals surface area contributed by atoms with Crippen LogP contribution in [0, 0.1) is 6.92 Å². The summed E-state index contributed by atoms with van der Waals surface area (Å²) in [7, 11) is 0.0692. The van der Waals surface area contributed by atoms with Crippen LogP contribution in [0.5, 0.6) is 0 Å². The highest BCUT2D eigenvalue weighted by Crippen LogP contribution is 2.33. The van der Waals surface area contributed by atoms with Crippen LogP contribution >= 0.6 is 34.5 Å². The molecular weight excluding hydrogens is 477 g/mol. The molecule has 0 fully saturated rings. The maximum atomic E-state index is 13.2. The molecule has 0 saturated carbocycles. The predicted octanol–water partition coefficient (Wildman–Crippen LogP) is 4.67. The number of anilines is 1. The largest absolute Gasteiger partial charge is 0.309 e. The minimum absolute atomic E-state index is 0.0606. The predicted molar refractivity (Wildman–Crippen MR) is 128 cm³/mol. The maximum Gasteiger partial charge on any atom is 0.244 e. The molecule has 0 aliphatic heterocycles. The third-order valence-corrected chi connectivity index (χ3v) is 7.76. The van der Waals surface area contributed by atoms with Crippen LogP contribution in [-0.4, -0.2) is 57.1 Å². The first kappa shape index (κ1) is 23.9. The van der Waals surface area contributed by atoms with E-state index in [4.69, 9.17) is 23.2 Å². The lowest BCUT2D eigenvalue weighted by Crippen LogP contribution is -2.37. The fraction of sp³-hybridized carbons (Fsp3) is 0.333. The topological polar surface area (TPSA) is 70.6 Å². The molecule has 1 heterocycles. The minimum atomic E-state index is -3.82. The number of aromatic nitrogens is 1. The van der Waals surface area contributed by atoms with Crippen LogP contribution in [0.4, 0.5) is 5.13 Å². The second kappa shape index (κ2) is 9.83. The average Bonchev–Trinajstić information content (AvgIpc) is 3.08. The normalized spacial score (nSPS) is 11.9. The van der Waals surface area contributed by atoms with E-state index >= 15 is 0 Å². The van der Waals surface area contributed by atoms with Crippen molar-refractivity contribution in [3.8, 4) is 0 Å². The van der Waals surface area contributed by atoms with Crippen molar-refractivity contribution in [3.05, 3.63) is 52.0 Å². The first-order chi connectivity index (χ1) is 14.6.